The molecule has 4 rings (SSSR count). The highest BCUT2D eigenvalue weighted by molar-refractivity contribution is 5.96. The topological polar surface area (TPSA) is 923 Å². The number of aliphatic hydroxyl groups excluding tert-OH is 8. The monoisotopic (exact) mass is 2050 g/mol. The Hall–Kier alpha value is -11.4. The average molecular weight is 2060 g/mol. The van der Waals surface area contributed by atoms with Crippen molar-refractivity contribution in [3.63, 3.8) is 0 Å². The Kier molecular flexibility index (Phi) is 51.8. The molecule has 59 heteroatoms. The van der Waals surface area contributed by atoms with Gasteiger partial charge in [-0.15, -0.1) is 0 Å². The Morgan fingerprint density at radius 3 is 1.03 bits per heavy atom. The van der Waals surface area contributed by atoms with Crippen LogP contribution >= 0.6 is 0 Å². The molecule has 143 heavy (non-hydrogen) atoms. The van der Waals surface area contributed by atoms with Gasteiger partial charge in [-0.1, -0.05) is 0 Å². The largest absolute Gasteiger partial charge is 0.480 e. The third kappa shape index (κ3) is 39.3. The van der Waals surface area contributed by atoms with E-state index >= 15 is 0 Å². The van der Waals surface area contributed by atoms with Gasteiger partial charge in [-0.2, -0.15) is 0 Å². The van der Waals surface area contributed by atoms with Gasteiger partial charge in [0.2, 0.25) is 106 Å². The average Bonchev–Trinajstić information content (AvgIpc) is 0.758. The normalized spacial score (nSPS) is 27.1. The van der Waals surface area contributed by atoms with Gasteiger partial charge in [-0.25, -0.2) is 4.79 Å². The molecule has 4 aliphatic heterocycles. The van der Waals surface area contributed by atoms with Crippen molar-refractivity contribution < 1.29 is 190 Å². The number of hydrogen-bond donors (Lipinski definition) is 30. The van der Waals surface area contributed by atoms with E-state index in [0.717, 1.165) is 62.3 Å². The van der Waals surface area contributed by atoms with Crippen LogP contribution in [-0.4, -0.2) is 416 Å². The number of nitrogens with one attached hydrogen (secondary N) is 16. The Bertz CT molecular complexity index is 4340. The minimum absolute atomic E-state index is 0.00509. The third-order valence-electron chi connectivity index (χ3n) is 22.9. The van der Waals surface area contributed by atoms with Crippen LogP contribution in [-0.2, 0) is 139 Å². The lowest BCUT2D eigenvalue weighted by molar-refractivity contribution is -0.365. The Morgan fingerprint density at radius 2 is 0.636 bits per heavy atom. The Labute approximate surface area is 820 Å². The van der Waals surface area contributed by atoms with Crippen LogP contribution in [0.1, 0.15) is 161 Å². The molecule has 59 nitrogen and oxygen atoms in total. The third-order valence-corrected chi connectivity index (χ3v) is 22.9. The van der Waals surface area contributed by atoms with E-state index in [4.69, 9.17) is 65.6 Å². The number of carbonyl (C=O) groups excluding carboxylic acids is 18. The predicted molar refractivity (Wildman–Crippen MR) is 483 cm³/mol. The van der Waals surface area contributed by atoms with E-state index in [2.05, 4.69) is 85.1 Å². The lowest BCUT2D eigenvalue weighted by atomic mass is 9.92. The van der Waals surface area contributed by atoms with Crippen LogP contribution < -0.4 is 108 Å². The molecule has 4 aliphatic rings. The van der Waals surface area contributed by atoms with E-state index in [1.54, 1.807) is 0 Å². The summed E-state index contributed by atoms with van der Waals surface area (Å²) in [6.45, 7) is 11.8. The molecule has 4 fully saturated rings. The van der Waals surface area contributed by atoms with Crippen molar-refractivity contribution in [3.8, 4) is 0 Å². The van der Waals surface area contributed by atoms with Crippen LogP contribution in [0.2, 0.25) is 0 Å². The molecule has 4 heterocycles. The first-order chi connectivity index (χ1) is 66.9. The summed E-state index contributed by atoms with van der Waals surface area (Å²) in [6, 6.07) is -23.6. The van der Waals surface area contributed by atoms with E-state index in [1.165, 1.54) is 34.6 Å². The summed E-state index contributed by atoms with van der Waals surface area (Å²) in [5.74, 6) is -19.5. The maximum atomic E-state index is 14.6. The van der Waals surface area contributed by atoms with Gasteiger partial charge in [0.1, 0.15) is 170 Å². The van der Waals surface area contributed by atoms with E-state index in [9.17, 15) is 147 Å². The fraction of sp³-hybridized carbons (Fsp3) is 0.762. The number of carboxylic acid groups (broad SMARTS) is 2. The van der Waals surface area contributed by atoms with Crippen LogP contribution in [0.3, 0.4) is 0 Å². The molecule has 0 bridgehead atoms. The summed E-state index contributed by atoms with van der Waals surface area (Å²) in [4.78, 5) is 261. The maximum Gasteiger partial charge on any atom is 0.326 e. The van der Waals surface area contributed by atoms with Crippen molar-refractivity contribution in [2.75, 3.05) is 39.5 Å². The van der Waals surface area contributed by atoms with Crippen molar-refractivity contribution in [1.82, 2.24) is 85.1 Å². The van der Waals surface area contributed by atoms with Crippen LogP contribution in [0.5, 0.6) is 0 Å². The number of ether oxygens (including phenoxy) is 9. The van der Waals surface area contributed by atoms with Crippen molar-refractivity contribution in [2.24, 2.45) is 22.9 Å². The minimum atomic E-state index is -2.29. The number of hydrogen-bond acceptors (Lipinski definition) is 39. The number of rotatable bonds is 58. The second-order valence-electron chi connectivity index (χ2n) is 35.0. The number of carbonyl (C=O) groups is 20. The van der Waals surface area contributed by atoms with Gasteiger partial charge >= 0.3 is 11.9 Å². The molecule has 0 aliphatic carbocycles. The summed E-state index contributed by atoms with van der Waals surface area (Å²) in [6.07, 6.45) is -37.8. The van der Waals surface area contributed by atoms with Gasteiger partial charge in [0.15, 0.2) is 25.2 Å². The first kappa shape index (κ1) is 124. The summed E-state index contributed by atoms with van der Waals surface area (Å²) in [5, 5.41) is 148. The second-order valence-corrected chi connectivity index (χ2v) is 35.0. The molecule has 0 spiro atoms. The van der Waals surface area contributed by atoms with Crippen LogP contribution in [0.4, 0.5) is 0 Å². The first-order valence-corrected chi connectivity index (χ1v) is 46.2. The van der Waals surface area contributed by atoms with Crippen LogP contribution in [0, 0.1) is 0 Å². The molecule has 18 amide bonds. The summed E-state index contributed by atoms with van der Waals surface area (Å²) in [7, 11) is 0. The number of amides is 18. The molecule has 34 atom stereocenters. The summed E-state index contributed by atoms with van der Waals surface area (Å²) >= 11 is 0. The highest BCUT2D eigenvalue weighted by Crippen LogP contribution is 2.37. The number of unbranched alkanes of at least 4 members (excludes halogenated alkanes) is 2. The molecular formula is C84H142N20O39. The number of aliphatic carboxylic acids is 2. The molecular weight excluding hydrogens is 1910 g/mol. The summed E-state index contributed by atoms with van der Waals surface area (Å²) in [5.41, 5.74) is 22.4. The van der Waals surface area contributed by atoms with E-state index in [0.29, 0.717) is 0 Å². The molecule has 0 saturated carbocycles. The lowest BCUT2D eigenvalue weighted by Crippen LogP contribution is -2.72. The fourth-order valence-electron chi connectivity index (χ4n) is 14.9. The molecule has 34 N–H and O–H groups in total. The zero-order valence-electron chi connectivity index (χ0n) is 81.6. The second kappa shape index (κ2) is 59.8. The van der Waals surface area contributed by atoms with E-state index < -0.39 is 378 Å². The number of primary amides is 2. The van der Waals surface area contributed by atoms with Gasteiger partial charge < -0.3 is 202 Å². The van der Waals surface area contributed by atoms with Crippen LogP contribution in [0.25, 0.3) is 0 Å². The van der Waals surface area contributed by atoms with Crippen molar-refractivity contribution in [1.29, 1.82) is 0 Å². The molecule has 0 radical (unpaired) electrons. The fourth-order valence-corrected chi connectivity index (χ4v) is 14.9. The molecule has 4 saturated heterocycles. The Balaban J connectivity index is 1.65. The van der Waals surface area contributed by atoms with E-state index in [-0.39, 0.29) is 51.6 Å². The molecule has 34 unspecified atom stereocenters. The first-order valence-electron chi connectivity index (χ1n) is 46.2. The molecule has 0 aromatic heterocycles. The zero-order chi connectivity index (χ0) is 108. The van der Waals surface area contributed by atoms with Gasteiger partial charge in [0.05, 0.1) is 38.5 Å². The minimum Gasteiger partial charge on any atom is -0.480 e. The SMILES string of the molecule is CC(=O)NC1C(OC2C(CO)OC(OC3C(CO)OC(OC4C(CO)OC(O)C(NC(C)=O)C4OC(C)C(=O)NC(C)C(=O)NC(CCC(=O)NC(CCCCNC(=O)C(C)NC(=O)C(C)N)C(=O)O)C(N)=O)C(NC(C)=O)C3O)C(NC(C)=O)C2OC(C)C(=O)NC(C)C(=O)NC(CCC(=O)NC(CCCCNC(=O)C(C)NC(=O)C(C)N)C(=O)NC(C)C(=O)NC(C)C(=O)O)C(N)=O)OC(CO)C(O)C1O. The van der Waals surface area contributed by atoms with Crippen LogP contribution in [0.15, 0.2) is 0 Å². The van der Waals surface area contributed by atoms with Crippen molar-refractivity contribution in [2.45, 2.75) is 368 Å². The summed E-state index contributed by atoms with van der Waals surface area (Å²) < 4.78 is 56.0. The molecule has 0 aromatic carbocycles. The number of aliphatic hydroxyl groups is 8. The quantitative estimate of drug-likeness (QED) is 0.0251. The van der Waals surface area contributed by atoms with Gasteiger partial charge in [-0.05, 0) is 121 Å². The van der Waals surface area contributed by atoms with Gasteiger partial charge in [0, 0.05) is 53.6 Å². The number of carboxylic acids is 2. The number of nitrogens with two attached hydrogens (primary N) is 4. The molecule has 812 valence electrons. The highest BCUT2D eigenvalue weighted by atomic mass is 16.8. The highest BCUT2D eigenvalue weighted by Gasteiger charge is 2.58. The van der Waals surface area contributed by atoms with E-state index in [1.807, 2.05) is 0 Å². The Morgan fingerprint density at radius 1 is 0.315 bits per heavy atom. The van der Waals surface area contributed by atoms with Crippen molar-refractivity contribution in [3.05, 3.63) is 0 Å². The zero-order valence-corrected chi connectivity index (χ0v) is 81.6. The molecule has 0 aromatic rings. The van der Waals surface area contributed by atoms with Crippen molar-refractivity contribution >= 4 is 118 Å². The maximum absolute atomic E-state index is 14.6. The smallest absolute Gasteiger partial charge is 0.326 e. The predicted octanol–water partition coefficient (Wildman–Crippen LogP) is -15.4. The standard InChI is InChI=1S/C84H142N20O39/c1-31(85)69(120)91-33(3)71(122)89-25-17-15-19-47(78(129)95-35(5)73(124)96-38(8)79(130)131)101-53(113)23-21-45(67(87)118)103-75(126)37(7)94-77(128)40(10)136-66-58(100-44(14)112)84(140-52(30-108)64(66)143-82-55(97-41(11)109)60(116)59(115)49(27-105)138-82)141-62-50(28-106)139-83(56(61(62)117)98-42(12)110)142-63-51(29-107)137-81(134)57(99-43(13)111)65(63)135-39(9)76(127)93-36(6)74(125)104-46(68(88)119)22-24-54(114)102-48(80(132)133)20-16-18-26-90-72(123)34(4)92-70(121)32(2)86/h31-40,45-52,55-66,81-84,105-108,115-117,134H,15-30,85-86H2,1-14H3,(H2,87,118)(H2,88,119)(H,89,122)(H,90,123)(H,91,120)(H,92,121)(H,93,127)(H,94,128)(H,95,129)(H,96,124)(H,97,109)(H,98,110)(H,99,111)(H,100,112)(H,101,113)(H,102,114)(H,103,126)(H,104,125)(H,130,131)(H,132,133). The lowest BCUT2D eigenvalue weighted by Gasteiger charge is -2.52. The van der Waals surface area contributed by atoms with Gasteiger partial charge in [-0.3, -0.25) is 91.1 Å². The van der Waals surface area contributed by atoms with Gasteiger partial charge in [0.25, 0.3) is 0 Å².